The quantitative estimate of drug-likeness (QED) is 0.517. The third-order valence-electron chi connectivity index (χ3n) is 8.32. The Morgan fingerprint density at radius 3 is 2.56 bits per heavy atom. The van der Waals surface area contributed by atoms with E-state index in [1.165, 1.54) is 0 Å². The predicted octanol–water partition coefficient (Wildman–Crippen LogP) is 4.64. The second-order valence-corrected chi connectivity index (χ2v) is 10.3. The molecule has 6 atom stereocenters. The van der Waals surface area contributed by atoms with Crippen molar-refractivity contribution in [1.29, 1.82) is 0 Å². The van der Waals surface area contributed by atoms with E-state index in [2.05, 4.69) is 25.7 Å². The van der Waals surface area contributed by atoms with Crippen LogP contribution >= 0.6 is 0 Å². The highest BCUT2D eigenvalue weighted by molar-refractivity contribution is 5.82. The van der Waals surface area contributed by atoms with Crippen molar-refractivity contribution in [3.05, 3.63) is 35.4 Å². The van der Waals surface area contributed by atoms with Crippen molar-refractivity contribution in [3.8, 4) is 0 Å². The van der Waals surface area contributed by atoms with Gasteiger partial charge in [0.2, 0.25) is 5.92 Å². The lowest BCUT2D eigenvalue weighted by Gasteiger charge is -2.49. The second-order valence-electron chi connectivity index (χ2n) is 10.3. The Morgan fingerprint density at radius 2 is 2.00 bits per heavy atom. The summed E-state index contributed by atoms with van der Waals surface area (Å²) in [6.07, 6.45) is -0.407. The Bertz CT molecular complexity index is 878. The standard InChI is InChI=1S/C24H31F4NO3/c1-14(2)22(3)15-7-9-29(22)13-18(10-15)32-21(30)24(31,16-6-8-23(27,28)12-16)19-5-4-17(25)11-20(19)26/h4-5,11,14-16,18,31H,6-10,12-13H2,1-3H3/t15?,16-,18?,22?,24-/m1/s1. The van der Waals surface area contributed by atoms with Crippen LogP contribution in [0.1, 0.15) is 58.4 Å². The van der Waals surface area contributed by atoms with Gasteiger partial charge in [0.25, 0.3) is 0 Å². The fraction of sp³-hybridized carbons (Fsp3) is 0.708. The lowest BCUT2D eigenvalue weighted by Crippen LogP contribution is -2.57. The second kappa shape index (κ2) is 7.97. The summed E-state index contributed by atoms with van der Waals surface area (Å²) in [5.74, 6) is -6.78. The molecule has 0 amide bonds. The summed E-state index contributed by atoms with van der Waals surface area (Å²) in [4.78, 5) is 15.6. The number of rotatable bonds is 5. The largest absolute Gasteiger partial charge is 0.459 e. The van der Waals surface area contributed by atoms with Gasteiger partial charge >= 0.3 is 5.97 Å². The molecular formula is C24H31F4NO3. The summed E-state index contributed by atoms with van der Waals surface area (Å²) in [6, 6.07) is 2.40. The Hall–Kier alpha value is -1.67. The van der Waals surface area contributed by atoms with Gasteiger partial charge < -0.3 is 9.84 Å². The van der Waals surface area contributed by atoms with E-state index in [0.29, 0.717) is 30.9 Å². The van der Waals surface area contributed by atoms with Gasteiger partial charge in [-0.05, 0) is 56.7 Å². The number of halogens is 4. The van der Waals surface area contributed by atoms with E-state index in [1.807, 2.05) is 0 Å². The molecule has 0 radical (unpaired) electrons. The molecule has 0 spiro atoms. The van der Waals surface area contributed by atoms with Gasteiger partial charge in [-0.25, -0.2) is 22.4 Å². The first-order valence-corrected chi connectivity index (χ1v) is 11.4. The molecule has 3 aliphatic rings. The lowest BCUT2D eigenvalue weighted by atomic mass is 9.72. The fourth-order valence-corrected chi connectivity index (χ4v) is 6.15. The number of hydrogen-bond acceptors (Lipinski definition) is 4. The summed E-state index contributed by atoms with van der Waals surface area (Å²) in [5.41, 5.74) is -3.14. The van der Waals surface area contributed by atoms with Gasteiger partial charge in [-0.3, -0.25) is 4.90 Å². The van der Waals surface area contributed by atoms with E-state index in [1.54, 1.807) is 0 Å². The number of ether oxygens (including phenoxy) is 1. The lowest BCUT2D eigenvalue weighted by molar-refractivity contribution is -0.186. The van der Waals surface area contributed by atoms with Crippen LogP contribution in [0.3, 0.4) is 0 Å². The molecule has 2 bridgehead atoms. The van der Waals surface area contributed by atoms with Gasteiger partial charge in [0.15, 0.2) is 5.60 Å². The Kier molecular flexibility index (Phi) is 5.85. The SMILES string of the molecule is CC(C)C1(C)C2CCN1CC(OC(=O)[C@](O)(c1ccc(F)cc1F)[C@@H]1CCC(F)(F)C1)C2. The van der Waals surface area contributed by atoms with Gasteiger partial charge in [0, 0.05) is 42.5 Å². The maximum Gasteiger partial charge on any atom is 0.343 e. The number of carbonyl (C=O) groups excluding carboxylic acids is 1. The smallest absolute Gasteiger partial charge is 0.343 e. The fourth-order valence-electron chi connectivity index (χ4n) is 6.15. The first-order valence-electron chi connectivity index (χ1n) is 11.4. The molecule has 1 N–H and O–H groups in total. The molecule has 0 aromatic heterocycles. The number of nitrogens with zero attached hydrogens (tertiary/aromatic N) is 1. The Morgan fingerprint density at radius 1 is 1.28 bits per heavy atom. The van der Waals surface area contributed by atoms with Crippen LogP contribution in [0.25, 0.3) is 0 Å². The maximum absolute atomic E-state index is 14.7. The van der Waals surface area contributed by atoms with Crippen molar-refractivity contribution in [2.24, 2.45) is 17.8 Å². The molecule has 4 unspecified atom stereocenters. The van der Waals surface area contributed by atoms with Crippen LogP contribution in [0, 0.1) is 29.4 Å². The topological polar surface area (TPSA) is 49.8 Å². The van der Waals surface area contributed by atoms with Crippen molar-refractivity contribution in [2.45, 2.75) is 76.0 Å². The van der Waals surface area contributed by atoms with Crippen molar-refractivity contribution < 1.29 is 32.2 Å². The van der Waals surface area contributed by atoms with E-state index in [4.69, 9.17) is 4.74 Å². The molecule has 178 valence electrons. The molecule has 4 rings (SSSR count). The van der Waals surface area contributed by atoms with E-state index >= 15 is 0 Å². The van der Waals surface area contributed by atoms with Gasteiger partial charge in [-0.1, -0.05) is 13.8 Å². The van der Waals surface area contributed by atoms with Gasteiger partial charge in [-0.2, -0.15) is 0 Å². The Balaban J connectivity index is 1.61. The molecule has 4 nitrogen and oxygen atoms in total. The first kappa shape index (κ1) is 23.5. The molecule has 3 fully saturated rings. The minimum Gasteiger partial charge on any atom is -0.459 e. The van der Waals surface area contributed by atoms with Crippen LogP contribution in [-0.4, -0.2) is 46.6 Å². The third kappa shape index (κ3) is 3.73. The molecule has 8 heteroatoms. The highest BCUT2D eigenvalue weighted by atomic mass is 19.3. The number of esters is 1. The number of alkyl halides is 2. The van der Waals surface area contributed by atoms with Crippen molar-refractivity contribution >= 4 is 5.97 Å². The average Bonchev–Trinajstić information content (AvgIpc) is 3.12. The van der Waals surface area contributed by atoms with Crippen LogP contribution < -0.4 is 0 Å². The van der Waals surface area contributed by atoms with E-state index < -0.39 is 59.6 Å². The highest BCUT2D eigenvalue weighted by Gasteiger charge is 2.57. The predicted molar refractivity (Wildman–Crippen MR) is 110 cm³/mol. The molecule has 1 saturated carbocycles. The molecule has 1 aliphatic carbocycles. The monoisotopic (exact) mass is 457 g/mol. The van der Waals surface area contributed by atoms with Crippen LogP contribution in [-0.2, 0) is 15.1 Å². The Labute approximate surface area is 185 Å². The van der Waals surface area contributed by atoms with Gasteiger partial charge in [-0.15, -0.1) is 0 Å². The van der Waals surface area contributed by atoms with E-state index in [0.717, 1.165) is 25.1 Å². The maximum atomic E-state index is 14.7. The van der Waals surface area contributed by atoms with Crippen LogP contribution in [0.5, 0.6) is 0 Å². The molecule has 32 heavy (non-hydrogen) atoms. The molecule has 2 saturated heterocycles. The molecule has 2 heterocycles. The van der Waals surface area contributed by atoms with Crippen molar-refractivity contribution in [2.75, 3.05) is 13.1 Å². The normalized spacial score (nSPS) is 35.7. The number of carbonyl (C=O) groups is 1. The zero-order valence-corrected chi connectivity index (χ0v) is 18.7. The highest BCUT2D eigenvalue weighted by Crippen LogP contribution is 2.50. The number of aliphatic hydroxyl groups is 1. The summed E-state index contributed by atoms with van der Waals surface area (Å²) in [6.45, 7) is 7.87. The number of hydrogen-bond donors (Lipinski definition) is 1. The summed E-state index contributed by atoms with van der Waals surface area (Å²) >= 11 is 0. The van der Waals surface area contributed by atoms with E-state index in [9.17, 15) is 27.5 Å². The van der Waals surface area contributed by atoms with Crippen molar-refractivity contribution in [3.63, 3.8) is 0 Å². The first-order chi connectivity index (χ1) is 14.9. The minimum absolute atomic E-state index is 0.0181. The molecule has 1 aromatic rings. The molecule has 1 aromatic carbocycles. The van der Waals surface area contributed by atoms with Gasteiger partial charge in [0.05, 0.1) is 0 Å². The zero-order valence-electron chi connectivity index (χ0n) is 18.7. The summed E-state index contributed by atoms with van der Waals surface area (Å²) in [5, 5.41) is 11.4. The zero-order chi connectivity index (χ0) is 23.5. The van der Waals surface area contributed by atoms with Crippen LogP contribution in [0.4, 0.5) is 17.6 Å². The number of piperidine rings is 1. The summed E-state index contributed by atoms with van der Waals surface area (Å²) in [7, 11) is 0. The van der Waals surface area contributed by atoms with Crippen LogP contribution in [0.2, 0.25) is 0 Å². The molecule has 2 aliphatic heterocycles. The number of benzene rings is 1. The average molecular weight is 458 g/mol. The summed E-state index contributed by atoms with van der Waals surface area (Å²) < 4.78 is 61.8. The van der Waals surface area contributed by atoms with Crippen molar-refractivity contribution in [1.82, 2.24) is 4.90 Å². The van der Waals surface area contributed by atoms with E-state index in [-0.39, 0.29) is 12.0 Å². The van der Waals surface area contributed by atoms with Crippen LogP contribution in [0.15, 0.2) is 18.2 Å². The van der Waals surface area contributed by atoms with Gasteiger partial charge in [0.1, 0.15) is 17.7 Å². The third-order valence-corrected chi connectivity index (χ3v) is 8.32. The molecular weight excluding hydrogens is 426 g/mol. The number of fused-ring (bicyclic) bond motifs is 2. The minimum atomic E-state index is -3.07.